The number of amides is 2. The summed E-state index contributed by atoms with van der Waals surface area (Å²) in [4.78, 5) is 24.9. The standard InChI is InChI=1S/C21H23BrN2O2/c1-23-19(25)16-6-4-5-15(13-16)14-24-20(26)21(11-2-3-12-21)17-7-9-18(22)10-8-17/h4-10,13H,2-3,11-12,14H2,1H3,(H,23,25)(H,24,26). The van der Waals surface area contributed by atoms with Gasteiger partial charge in [-0.15, -0.1) is 0 Å². The Kier molecular flexibility index (Phi) is 5.77. The molecular weight excluding hydrogens is 392 g/mol. The molecule has 0 spiro atoms. The van der Waals surface area contributed by atoms with Gasteiger partial charge in [0, 0.05) is 23.6 Å². The summed E-state index contributed by atoms with van der Waals surface area (Å²) in [5, 5.41) is 5.72. The number of rotatable bonds is 5. The Morgan fingerprint density at radius 1 is 1.08 bits per heavy atom. The molecule has 2 N–H and O–H groups in total. The van der Waals surface area contributed by atoms with E-state index < -0.39 is 5.41 Å². The lowest BCUT2D eigenvalue weighted by atomic mass is 9.78. The molecule has 0 unspecified atom stereocenters. The van der Waals surface area contributed by atoms with Crippen molar-refractivity contribution in [2.45, 2.75) is 37.6 Å². The Bertz CT molecular complexity index is 796. The van der Waals surface area contributed by atoms with Crippen molar-refractivity contribution in [3.8, 4) is 0 Å². The Morgan fingerprint density at radius 2 is 1.77 bits per heavy atom. The Hall–Kier alpha value is -2.14. The van der Waals surface area contributed by atoms with Crippen LogP contribution in [0.25, 0.3) is 0 Å². The summed E-state index contributed by atoms with van der Waals surface area (Å²) in [5.74, 6) is -0.0528. The fourth-order valence-corrected chi connectivity index (χ4v) is 3.98. The maximum atomic E-state index is 13.1. The van der Waals surface area contributed by atoms with Crippen molar-refractivity contribution in [3.05, 3.63) is 69.7 Å². The molecule has 0 bridgehead atoms. The molecule has 0 aliphatic heterocycles. The minimum Gasteiger partial charge on any atom is -0.355 e. The van der Waals surface area contributed by atoms with E-state index in [1.807, 2.05) is 42.5 Å². The van der Waals surface area contributed by atoms with Gasteiger partial charge in [-0.2, -0.15) is 0 Å². The lowest BCUT2D eigenvalue weighted by Gasteiger charge is -2.28. The van der Waals surface area contributed by atoms with Gasteiger partial charge < -0.3 is 10.6 Å². The van der Waals surface area contributed by atoms with E-state index >= 15 is 0 Å². The van der Waals surface area contributed by atoms with Gasteiger partial charge in [0.05, 0.1) is 5.41 Å². The molecule has 26 heavy (non-hydrogen) atoms. The van der Waals surface area contributed by atoms with Crippen LogP contribution >= 0.6 is 15.9 Å². The average molecular weight is 415 g/mol. The topological polar surface area (TPSA) is 58.2 Å². The van der Waals surface area contributed by atoms with Gasteiger partial charge in [0.15, 0.2) is 0 Å². The molecule has 0 aromatic heterocycles. The maximum Gasteiger partial charge on any atom is 0.251 e. The number of benzene rings is 2. The first-order chi connectivity index (χ1) is 12.5. The number of hydrogen-bond acceptors (Lipinski definition) is 2. The van der Waals surface area contributed by atoms with E-state index in [1.165, 1.54) is 0 Å². The molecule has 1 fully saturated rings. The van der Waals surface area contributed by atoms with Crippen LogP contribution in [0.2, 0.25) is 0 Å². The lowest BCUT2D eigenvalue weighted by Crippen LogP contribution is -2.42. The van der Waals surface area contributed by atoms with E-state index in [0.717, 1.165) is 41.3 Å². The van der Waals surface area contributed by atoms with Crippen molar-refractivity contribution in [1.82, 2.24) is 10.6 Å². The molecule has 0 heterocycles. The molecule has 1 aliphatic carbocycles. The van der Waals surface area contributed by atoms with E-state index in [0.29, 0.717) is 12.1 Å². The molecule has 4 nitrogen and oxygen atoms in total. The van der Waals surface area contributed by atoms with E-state index in [2.05, 4.69) is 26.6 Å². The summed E-state index contributed by atoms with van der Waals surface area (Å²) in [6.07, 6.45) is 3.88. The molecule has 1 aliphatic rings. The number of halogens is 1. The van der Waals surface area contributed by atoms with Crippen molar-refractivity contribution < 1.29 is 9.59 Å². The summed E-state index contributed by atoms with van der Waals surface area (Å²) in [6.45, 7) is 0.419. The van der Waals surface area contributed by atoms with Gasteiger partial charge in [0.25, 0.3) is 5.91 Å². The molecule has 2 amide bonds. The molecule has 0 atom stereocenters. The quantitative estimate of drug-likeness (QED) is 0.778. The summed E-state index contributed by atoms with van der Waals surface area (Å²) in [6, 6.07) is 15.4. The van der Waals surface area contributed by atoms with Crippen LogP contribution in [0, 0.1) is 0 Å². The van der Waals surface area contributed by atoms with Gasteiger partial charge in [0.1, 0.15) is 0 Å². The van der Waals surface area contributed by atoms with E-state index in [4.69, 9.17) is 0 Å². The highest BCUT2D eigenvalue weighted by Gasteiger charge is 2.42. The highest BCUT2D eigenvalue weighted by molar-refractivity contribution is 9.10. The second kappa shape index (κ2) is 8.04. The normalized spacial score (nSPS) is 15.5. The number of nitrogens with one attached hydrogen (secondary N) is 2. The first-order valence-electron chi connectivity index (χ1n) is 8.90. The number of carbonyl (C=O) groups excluding carboxylic acids is 2. The van der Waals surface area contributed by atoms with Gasteiger partial charge in [-0.05, 0) is 48.2 Å². The third-order valence-electron chi connectivity index (χ3n) is 5.16. The molecule has 3 rings (SSSR count). The zero-order valence-electron chi connectivity index (χ0n) is 14.8. The first-order valence-corrected chi connectivity index (χ1v) is 9.70. The van der Waals surface area contributed by atoms with E-state index in [1.54, 1.807) is 13.1 Å². The largest absolute Gasteiger partial charge is 0.355 e. The monoisotopic (exact) mass is 414 g/mol. The summed E-state index contributed by atoms with van der Waals surface area (Å²) < 4.78 is 1.01. The molecule has 136 valence electrons. The molecule has 0 radical (unpaired) electrons. The van der Waals surface area contributed by atoms with Crippen LogP contribution < -0.4 is 10.6 Å². The van der Waals surface area contributed by atoms with Crippen molar-refractivity contribution in [2.24, 2.45) is 0 Å². The van der Waals surface area contributed by atoms with Crippen LogP contribution in [-0.2, 0) is 16.8 Å². The molecule has 2 aromatic carbocycles. The second-order valence-electron chi connectivity index (χ2n) is 6.76. The highest BCUT2D eigenvalue weighted by atomic mass is 79.9. The molecule has 2 aromatic rings. The SMILES string of the molecule is CNC(=O)c1cccc(CNC(=O)C2(c3ccc(Br)cc3)CCCC2)c1. The summed E-state index contributed by atoms with van der Waals surface area (Å²) >= 11 is 3.46. The molecule has 0 saturated heterocycles. The zero-order chi connectivity index (χ0) is 18.6. The van der Waals surface area contributed by atoms with Crippen molar-refractivity contribution in [1.29, 1.82) is 0 Å². The van der Waals surface area contributed by atoms with Crippen molar-refractivity contribution in [2.75, 3.05) is 7.05 Å². The highest BCUT2D eigenvalue weighted by Crippen LogP contribution is 2.41. The lowest BCUT2D eigenvalue weighted by molar-refractivity contribution is -0.126. The fraction of sp³-hybridized carbons (Fsp3) is 0.333. The van der Waals surface area contributed by atoms with E-state index in [9.17, 15) is 9.59 Å². The van der Waals surface area contributed by atoms with Crippen LogP contribution in [-0.4, -0.2) is 18.9 Å². The third kappa shape index (κ3) is 3.83. The van der Waals surface area contributed by atoms with Crippen LogP contribution in [0.1, 0.15) is 47.2 Å². The zero-order valence-corrected chi connectivity index (χ0v) is 16.4. The number of hydrogen-bond donors (Lipinski definition) is 2. The predicted molar refractivity (Wildman–Crippen MR) is 106 cm³/mol. The predicted octanol–water partition coefficient (Wildman–Crippen LogP) is 3.94. The maximum absolute atomic E-state index is 13.1. The van der Waals surface area contributed by atoms with Gasteiger partial charge in [-0.3, -0.25) is 9.59 Å². The Labute approximate surface area is 162 Å². The number of carbonyl (C=O) groups is 2. The van der Waals surface area contributed by atoms with Gasteiger partial charge in [0.2, 0.25) is 5.91 Å². The Balaban J connectivity index is 1.75. The summed E-state index contributed by atoms with van der Waals surface area (Å²) in [7, 11) is 1.61. The fourth-order valence-electron chi connectivity index (χ4n) is 3.71. The molecular formula is C21H23BrN2O2. The van der Waals surface area contributed by atoms with Crippen LogP contribution in [0.5, 0.6) is 0 Å². The first kappa shape index (κ1) is 18.6. The van der Waals surface area contributed by atoms with E-state index in [-0.39, 0.29) is 11.8 Å². The van der Waals surface area contributed by atoms with Crippen molar-refractivity contribution in [3.63, 3.8) is 0 Å². The molecule has 5 heteroatoms. The minimum absolute atomic E-state index is 0.0719. The summed E-state index contributed by atoms with van der Waals surface area (Å²) in [5.41, 5.74) is 2.15. The van der Waals surface area contributed by atoms with Gasteiger partial charge >= 0.3 is 0 Å². The van der Waals surface area contributed by atoms with Crippen LogP contribution in [0.4, 0.5) is 0 Å². The van der Waals surface area contributed by atoms with Gasteiger partial charge in [-0.25, -0.2) is 0 Å². The average Bonchev–Trinajstić information content (AvgIpc) is 3.17. The smallest absolute Gasteiger partial charge is 0.251 e. The van der Waals surface area contributed by atoms with Crippen LogP contribution in [0.15, 0.2) is 53.0 Å². The van der Waals surface area contributed by atoms with Crippen LogP contribution in [0.3, 0.4) is 0 Å². The van der Waals surface area contributed by atoms with Crippen molar-refractivity contribution >= 4 is 27.7 Å². The molecule has 1 saturated carbocycles. The second-order valence-corrected chi connectivity index (χ2v) is 7.67. The Morgan fingerprint density at radius 3 is 2.42 bits per heavy atom. The minimum atomic E-state index is -0.445. The third-order valence-corrected chi connectivity index (χ3v) is 5.69. The van der Waals surface area contributed by atoms with Gasteiger partial charge in [-0.1, -0.05) is 53.0 Å².